The van der Waals surface area contributed by atoms with Crippen molar-refractivity contribution in [1.82, 2.24) is 4.98 Å². The van der Waals surface area contributed by atoms with Gasteiger partial charge in [-0.15, -0.1) is 0 Å². The molecule has 0 spiro atoms. The summed E-state index contributed by atoms with van der Waals surface area (Å²) in [6.07, 6.45) is 3.62. The van der Waals surface area contributed by atoms with Crippen LogP contribution in [0.2, 0.25) is 5.02 Å². The van der Waals surface area contributed by atoms with Gasteiger partial charge in [-0.25, -0.2) is 9.78 Å². The fraction of sp³-hybridized carbons (Fsp3) is 0.316. The minimum atomic E-state index is -1.07. The second-order valence-electron chi connectivity index (χ2n) is 6.53. The average molecular weight is 374 g/mol. The summed E-state index contributed by atoms with van der Waals surface area (Å²) in [7, 11) is 0. The van der Waals surface area contributed by atoms with E-state index in [1.165, 1.54) is 12.3 Å². The van der Waals surface area contributed by atoms with Gasteiger partial charge in [0.05, 0.1) is 22.5 Å². The molecule has 1 atom stereocenters. The number of aromatic carboxylic acids is 1. The third kappa shape index (κ3) is 3.96. The molecule has 0 aliphatic carbocycles. The molecule has 26 heavy (non-hydrogen) atoms. The molecule has 2 aromatic rings. The number of carboxylic acids is 1. The summed E-state index contributed by atoms with van der Waals surface area (Å²) in [6, 6.07) is 8.11. The Hall–Kier alpha value is -2.60. The topological polar surface area (TPSA) is 82.5 Å². The number of benzene rings is 1. The van der Waals surface area contributed by atoms with Gasteiger partial charge in [-0.05, 0) is 37.0 Å². The maximum Gasteiger partial charge on any atom is 0.339 e. The van der Waals surface area contributed by atoms with E-state index in [0.717, 1.165) is 25.9 Å². The smallest absolute Gasteiger partial charge is 0.339 e. The Balaban J connectivity index is 1.86. The zero-order chi connectivity index (χ0) is 18.7. The van der Waals surface area contributed by atoms with Crippen molar-refractivity contribution in [3.63, 3.8) is 0 Å². The number of carboxylic acid groups (broad SMARTS) is 1. The van der Waals surface area contributed by atoms with Crippen LogP contribution in [-0.4, -0.2) is 35.1 Å². The fourth-order valence-corrected chi connectivity index (χ4v) is 3.38. The standard InChI is InChI=1S/C19H20ClN3O3/c1-12-5-4-8-23(11-12)17-15(19(25)26)9-13(10-21-17)22-18(24)14-6-2-3-7-16(14)20/h2-3,6-7,9-10,12H,4-5,8,11H2,1H3,(H,22,24)(H,25,26)/t12-/m0/s1. The van der Waals surface area contributed by atoms with Crippen LogP contribution in [0.15, 0.2) is 36.5 Å². The molecule has 1 fully saturated rings. The van der Waals surface area contributed by atoms with E-state index in [1.54, 1.807) is 24.3 Å². The highest BCUT2D eigenvalue weighted by atomic mass is 35.5. The molecular formula is C19H20ClN3O3. The number of carbonyl (C=O) groups excluding carboxylic acids is 1. The maximum atomic E-state index is 12.4. The first kappa shape index (κ1) is 18.2. The van der Waals surface area contributed by atoms with Crippen LogP contribution >= 0.6 is 11.6 Å². The molecule has 2 N–H and O–H groups in total. The van der Waals surface area contributed by atoms with Crippen LogP contribution < -0.4 is 10.2 Å². The molecule has 7 heteroatoms. The molecule has 136 valence electrons. The molecule has 0 unspecified atom stereocenters. The predicted octanol–water partition coefficient (Wildman–Crippen LogP) is 3.92. The van der Waals surface area contributed by atoms with Crippen LogP contribution in [0.1, 0.15) is 40.5 Å². The second-order valence-corrected chi connectivity index (χ2v) is 6.93. The van der Waals surface area contributed by atoms with E-state index in [0.29, 0.717) is 28.0 Å². The molecule has 2 heterocycles. The highest BCUT2D eigenvalue weighted by Crippen LogP contribution is 2.27. The van der Waals surface area contributed by atoms with Crippen molar-refractivity contribution in [1.29, 1.82) is 0 Å². The summed E-state index contributed by atoms with van der Waals surface area (Å²) in [5.74, 6) is -0.542. The number of pyridine rings is 1. The lowest BCUT2D eigenvalue weighted by atomic mass is 10.00. The minimum absolute atomic E-state index is 0.0797. The van der Waals surface area contributed by atoms with Gasteiger partial charge in [-0.3, -0.25) is 4.79 Å². The molecule has 1 aromatic heterocycles. The Morgan fingerprint density at radius 3 is 2.77 bits per heavy atom. The quantitative estimate of drug-likeness (QED) is 0.848. The van der Waals surface area contributed by atoms with E-state index in [-0.39, 0.29) is 5.56 Å². The average Bonchev–Trinajstić information content (AvgIpc) is 2.62. The Morgan fingerprint density at radius 2 is 2.08 bits per heavy atom. The lowest BCUT2D eigenvalue weighted by Gasteiger charge is -2.32. The number of rotatable bonds is 4. The van der Waals surface area contributed by atoms with Crippen molar-refractivity contribution in [2.24, 2.45) is 5.92 Å². The molecule has 1 saturated heterocycles. The summed E-state index contributed by atoms with van der Waals surface area (Å²) in [6.45, 7) is 3.70. The Kier molecular flexibility index (Phi) is 5.42. The van der Waals surface area contributed by atoms with Crippen LogP contribution in [0.4, 0.5) is 11.5 Å². The van der Waals surface area contributed by atoms with Gasteiger partial charge in [0.25, 0.3) is 5.91 Å². The van der Waals surface area contributed by atoms with Gasteiger partial charge < -0.3 is 15.3 Å². The number of nitrogens with zero attached hydrogens (tertiary/aromatic N) is 2. The Labute approximate surface area is 156 Å². The summed E-state index contributed by atoms with van der Waals surface area (Å²) >= 11 is 6.03. The van der Waals surface area contributed by atoms with Crippen molar-refractivity contribution in [2.75, 3.05) is 23.3 Å². The van der Waals surface area contributed by atoms with Gasteiger partial charge in [0.1, 0.15) is 11.4 Å². The van der Waals surface area contributed by atoms with E-state index in [2.05, 4.69) is 17.2 Å². The van der Waals surface area contributed by atoms with Gasteiger partial charge in [0, 0.05) is 13.1 Å². The van der Waals surface area contributed by atoms with Crippen molar-refractivity contribution in [3.05, 3.63) is 52.7 Å². The van der Waals surface area contributed by atoms with Crippen LogP contribution in [0.25, 0.3) is 0 Å². The zero-order valence-electron chi connectivity index (χ0n) is 14.4. The number of aromatic nitrogens is 1. The largest absolute Gasteiger partial charge is 0.478 e. The van der Waals surface area contributed by atoms with Crippen molar-refractivity contribution >= 4 is 35.0 Å². The maximum absolute atomic E-state index is 12.4. The number of hydrogen-bond acceptors (Lipinski definition) is 4. The van der Waals surface area contributed by atoms with Gasteiger partial charge >= 0.3 is 5.97 Å². The van der Waals surface area contributed by atoms with Crippen LogP contribution in [-0.2, 0) is 0 Å². The SMILES string of the molecule is C[C@H]1CCCN(c2ncc(NC(=O)c3ccccc3Cl)cc2C(=O)O)C1. The van der Waals surface area contributed by atoms with Gasteiger partial charge in [0.2, 0.25) is 0 Å². The first-order valence-corrected chi connectivity index (χ1v) is 8.87. The summed E-state index contributed by atoms with van der Waals surface area (Å²) in [5.41, 5.74) is 0.720. The molecule has 3 rings (SSSR count). The second kappa shape index (κ2) is 7.74. The van der Waals surface area contributed by atoms with Crippen LogP contribution in [0.5, 0.6) is 0 Å². The van der Waals surface area contributed by atoms with Crippen LogP contribution in [0.3, 0.4) is 0 Å². The number of nitrogens with one attached hydrogen (secondary N) is 1. The molecule has 1 amide bonds. The lowest BCUT2D eigenvalue weighted by molar-refractivity contribution is 0.0696. The molecule has 1 aliphatic rings. The van der Waals surface area contributed by atoms with E-state index in [4.69, 9.17) is 11.6 Å². The first-order valence-electron chi connectivity index (χ1n) is 8.50. The number of halogens is 1. The minimum Gasteiger partial charge on any atom is -0.478 e. The highest BCUT2D eigenvalue weighted by Gasteiger charge is 2.23. The third-order valence-electron chi connectivity index (χ3n) is 4.43. The Bertz CT molecular complexity index is 841. The fourth-order valence-electron chi connectivity index (χ4n) is 3.16. The summed E-state index contributed by atoms with van der Waals surface area (Å²) in [5, 5.41) is 12.6. The normalized spacial score (nSPS) is 17.0. The Morgan fingerprint density at radius 1 is 1.31 bits per heavy atom. The van der Waals surface area contributed by atoms with Gasteiger partial charge in [0.15, 0.2) is 0 Å². The van der Waals surface area contributed by atoms with Gasteiger partial charge in [-0.1, -0.05) is 30.7 Å². The molecule has 1 aromatic carbocycles. The van der Waals surface area contributed by atoms with Crippen molar-refractivity contribution in [3.8, 4) is 0 Å². The molecule has 6 nitrogen and oxygen atoms in total. The number of anilines is 2. The molecule has 0 radical (unpaired) electrons. The van der Waals surface area contributed by atoms with E-state index in [1.807, 2.05) is 4.90 Å². The van der Waals surface area contributed by atoms with E-state index >= 15 is 0 Å². The first-order chi connectivity index (χ1) is 12.5. The molecule has 1 aliphatic heterocycles. The number of amides is 1. The van der Waals surface area contributed by atoms with Gasteiger partial charge in [-0.2, -0.15) is 0 Å². The third-order valence-corrected chi connectivity index (χ3v) is 4.76. The van der Waals surface area contributed by atoms with Crippen LogP contribution in [0, 0.1) is 5.92 Å². The van der Waals surface area contributed by atoms with Crippen molar-refractivity contribution < 1.29 is 14.7 Å². The monoisotopic (exact) mass is 373 g/mol. The predicted molar refractivity (Wildman–Crippen MR) is 101 cm³/mol. The summed E-state index contributed by atoms with van der Waals surface area (Å²) < 4.78 is 0. The number of carbonyl (C=O) groups is 2. The molecular weight excluding hydrogens is 354 g/mol. The molecule has 0 saturated carbocycles. The summed E-state index contributed by atoms with van der Waals surface area (Å²) in [4.78, 5) is 30.4. The highest BCUT2D eigenvalue weighted by molar-refractivity contribution is 6.34. The number of hydrogen-bond donors (Lipinski definition) is 2. The van der Waals surface area contributed by atoms with E-state index < -0.39 is 11.9 Å². The van der Waals surface area contributed by atoms with E-state index in [9.17, 15) is 14.7 Å². The number of piperidine rings is 1. The lowest BCUT2D eigenvalue weighted by Crippen LogP contribution is -2.36. The van der Waals surface area contributed by atoms with Crippen molar-refractivity contribution in [2.45, 2.75) is 19.8 Å². The zero-order valence-corrected chi connectivity index (χ0v) is 15.2. The molecule has 0 bridgehead atoms.